The molecule has 0 amide bonds. The molecule has 67 valence electrons. The molecule has 0 aromatic carbocycles. The van der Waals surface area contributed by atoms with Gasteiger partial charge in [0, 0.05) is 0 Å². The zero-order valence-corrected chi connectivity index (χ0v) is 9.45. The maximum atomic E-state index is 4.41. The summed E-state index contributed by atoms with van der Waals surface area (Å²) in [5.41, 5.74) is 0.128. The van der Waals surface area contributed by atoms with Crippen molar-refractivity contribution < 1.29 is 14.6 Å². The monoisotopic (exact) mass is 197 g/mol. The molecular weight excluding hydrogens is 179 g/mol. The summed E-state index contributed by atoms with van der Waals surface area (Å²) in [6, 6.07) is 0. The Morgan fingerprint density at radius 1 is 0.727 bits per heavy atom. The van der Waals surface area contributed by atoms with E-state index >= 15 is 0 Å². The van der Waals surface area contributed by atoms with Gasteiger partial charge in [-0.25, -0.2) is 0 Å². The van der Waals surface area contributed by atoms with Crippen molar-refractivity contribution in [2.75, 3.05) is 0 Å². The van der Waals surface area contributed by atoms with Gasteiger partial charge in [0.1, 0.15) is 0 Å². The topological polar surface area (TPSA) is 24.7 Å². The summed E-state index contributed by atoms with van der Waals surface area (Å²) in [6.07, 6.45) is 0. The molecule has 0 aliphatic heterocycles. The van der Waals surface area contributed by atoms with Gasteiger partial charge >= 0.3 is 75.1 Å². The molecule has 0 saturated carbocycles. The number of nitrogens with zero attached hydrogens (tertiary/aromatic N) is 2. The fourth-order valence-electron chi connectivity index (χ4n) is 0.246. The van der Waals surface area contributed by atoms with Crippen LogP contribution >= 0.6 is 0 Å². The molecular formula is C8H18MnN2. The zero-order valence-electron chi connectivity index (χ0n) is 8.27. The molecule has 2 nitrogen and oxygen atoms in total. The third-order valence-electron chi connectivity index (χ3n) is 0.583. The van der Waals surface area contributed by atoms with Gasteiger partial charge in [-0.3, -0.25) is 0 Å². The molecule has 0 bridgehead atoms. The van der Waals surface area contributed by atoms with Gasteiger partial charge < -0.3 is 0 Å². The molecule has 0 heterocycles. The van der Waals surface area contributed by atoms with E-state index in [2.05, 4.69) is 49.5 Å². The molecule has 0 aliphatic rings. The van der Waals surface area contributed by atoms with Crippen molar-refractivity contribution in [2.45, 2.75) is 52.6 Å². The number of rotatable bonds is 0. The van der Waals surface area contributed by atoms with Gasteiger partial charge in [-0.15, -0.1) is 0 Å². The molecule has 0 N–H and O–H groups in total. The second-order valence-corrected chi connectivity index (χ2v) is 5.35. The molecule has 0 saturated heterocycles. The fraction of sp³-hybridized carbons (Fsp3) is 1.00. The minimum absolute atomic E-state index is 0.0642. The van der Waals surface area contributed by atoms with E-state index in [9.17, 15) is 0 Å². The van der Waals surface area contributed by atoms with Crippen LogP contribution < -0.4 is 0 Å². The summed E-state index contributed by atoms with van der Waals surface area (Å²) in [5, 5.41) is 0. The molecule has 11 heavy (non-hydrogen) atoms. The Labute approximate surface area is 75.5 Å². The minimum atomic E-state index is 0.0642. The van der Waals surface area contributed by atoms with E-state index in [1.54, 1.807) is 0 Å². The van der Waals surface area contributed by atoms with Crippen LogP contribution in [0.1, 0.15) is 41.5 Å². The third-order valence-corrected chi connectivity index (χ3v) is 2.40. The van der Waals surface area contributed by atoms with Crippen LogP contribution in [0.3, 0.4) is 0 Å². The van der Waals surface area contributed by atoms with E-state index < -0.39 is 0 Å². The first-order valence-corrected chi connectivity index (χ1v) is 4.84. The van der Waals surface area contributed by atoms with Crippen LogP contribution in [0.15, 0.2) is 7.92 Å². The second-order valence-electron chi connectivity index (χ2n) is 4.59. The molecule has 0 aromatic rings. The Morgan fingerprint density at radius 2 is 1.00 bits per heavy atom. The fourth-order valence-corrected chi connectivity index (χ4v) is 1.01. The maximum absolute atomic E-state index is 4.41. The van der Waals surface area contributed by atoms with Crippen molar-refractivity contribution in [2.24, 2.45) is 7.92 Å². The van der Waals surface area contributed by atoms with Gasteiger partial charge in [0.15, 0.2) is 0 Å². The van der Waals surface area contributed by atoms with Crippen LogP contribution in [0.2, 0.25) is 0 Å². The van der Waals surface area contributed by atoms with Gasteiger partial charge in [-0.05, 0) is 0 Å². The van der Waals surface area contributed by atoms with Crippen molar-refractivity contribution in [1.82, 2.24) is 0 Å². The van der Waals surface area contributed by atoms with Gasteiger partial charge in [-0.1, -0.05) is 0 Å². The van der Waals surface area contributed by atoms with Crippen LogP contribution in [0.25, 0.3) is 0 Å². The summed E-state index contributed by atoms with van der Waals surface area (Å²) in [7, 11) is 0. The standard InChI is InChI=1S/2C4H9N.Mn/c2*1-4(2,3)5;/h2*1-3H3;. The molecule has 0 atom stereocenters. The average Bonchev–Trinajstić information content (AvgIpc) is 1.55. The molecule has 0 aromatic heterocycles. The Hall–Kier alpha value is 0.119. The van der Waals surface area contributed by atoms with Crippen molar-refractivity contribution in [3.05, 3.63) is 0 Å². The van der Waals surface area contributed by atoms with Gasteiger partial charge in [0.05, 0.1) is 0 Å². The normalized spacial score (nSPS) is 12.5. The molecule has 0 rings (SSSR count). The molecule has 0 radical (unpaired) electrons. The van der Waals surface area contributed by atoms with Crippen molar-refractivity contribution >= 4 is 0 Å². The first-order valence-electron chi connectivity index (χ1n) is 3.79. The molecule has 3 heteroatoms. The van der Waals surface area contributed by atoms with Crippen molar-refractivity contribution in [3.63, 3.8) is 0 Å². The summed E-state index contributed by atoms with van der Waals surface area (Å²) >= 11 is 0.356. The van der Waals surface area contributed by atoms with Crippen molar-refractivity contribution in [3.8, 4) is 0 Å². The van der Waals surface area contributed by atoms with Crippen LogP contribution in [-0.4, -0.2) is 11.1 Å². The SMILES string of the molecule is CC(C)(C)[N]=[Mn]=[N]C(C)(C)C. The summed E-state index contributed by atoms with van der Waals surface area (Å²) < 4.78 is 8.81. The quantitative estimate of drug-likeness (QED) is 0.533. The zero-order chi connectivity index (χ0) is 9.12. The Kier molecular flexibility index (Phi) is 3.72. The first-order chi connectivity index (χ1) is 4.71. The van der Waals surface area contributed by atoms with Crippen LogP contribution in [0.5, 0.6) is 0 Å². The van der Waals surface area contributed by atoms with E-state index in [0.29, 0.717) is 14.6 Å². The van der Waals surface area contributed by atoms with Gasteiger partial charge in [0.2, 0.25) is 0 Å². The number of hydrogen-bond donors (Lipinski definition) is 0. The molecule has 0 unspecified atom stereocenters. The van der Waals surface area contributed by atoms with E-state index in [-0.39, 0.29) is 11.1 Å². The third kappa shape index (κ3) is 10.1. The Balaban J connectivity index is 4.25. The molecule has 0 spiro atoms. The van der Waals surface area contributed by atoms with E-state index in [0.717, 1.165) is 0 Å². The number of hydrogen-bond acceptors (Lipinski definition) is 2. The predicted octanol–water partition coefficient (Wildman–Crippen LogP) is 3.03. The Bertz CT molecular complexity index is 159. The Morgan fingerprint density at radius 3 is 1.18 bits per heavy atom. The first kappa shape index (κ1) is 11.1. The van der Waals surface area contributed by atoms with E-state index in [4.69, 9.17) is 0 Å². The van der Waals surface area contributed by atoms with Crippen LogP contribution in [-0.2, 0) is 14.6 Å². The summed E-state index contributed by atoms with van der Waals surface area (Å²) in [4.78, 5) is 0. The van der Waals surface area contributed by atoms with Crippen LogP contribution in [0.4, 0.5) is 0 Å². The van der Waals surface area contributed by atoms with Gasteiger partial charge in [-0.2, -0.15) is 0 Å². The van der Waals surface area contributed by atoms with E-state index in [1.807, 2.05) is 0 Å². The molecule has 0 aliphatic carbocycles. The van der Waals surface area contributed by atoms with E-state index in [1.165, 1.54) is 0 Å². The van der Waals surface area contributed by atoms with Gasteiger partial charge in [0.25, 0.3) is 0 Å². The second kappa shape index (κ2) is 3.68. The summed E-state index contributed by atoms with van der Waals surface area (Å²) in [5.74, 6) is 0. The average molecular weight is 197 g/mol. The van der Waals surface area contributed by atoms with Crippen molar-refractivity contribution in [1.29, 1.82) is 0 Å². The molecule has 0 fully saturated rings. The predicted molar refractivity (Wildman–Crippen MR) is 44.4 cm³/mol. The summed E-state index contributed by atoms with van der Waals surface area (Å²) in [6.45, 7) is 12.6. The van der Waals surface area contributed by atoms with Crippen LogP contribution in [0, 0.1) is 0 Å².